The zero-order valence-electron chi connectivity index (χ0n) is 18.2. The number of nitrogens with zero attached hydrogens (tertiary/aromatic N) is 1. The molecule has 1 N–H and O–H groups in total. The third kappa shape index (κ3) is 6.49. The van der Waals surface area contributed by atoms with E-state index in [0.717, 1.165) is 32.7 Å². The number of thiazole rings is 1. The highest BCUT2D eigenvalue weighted by atomic mass is 32.2. The molecule has 0 atom stereocenters. The summed E-state index contributed by atoms with van der Waals surface area (Å²) in [5, 5.41) is 5.81. The molecule has 1 aliphatic rings. The van der Waals surface area contributed by atoms with Crippen molar-refractivity contribution in [1.29, 1.82) is 0 Å². The second-order valence-electron chi connectivity index (χ2n) is 7.30. The van der Waals surface area contributed by atoms with Gasteiger partial charge in [-0.2, -0.15) is 0 Å². The number of nitrogens with one attached hydrogen (secondary N) is 1. The molecule has 9 heteroatoms. The van der Waals surface area contributed by atoms with Crippen molar-refractivity contribution in [2.24, 2.45) is 0 Å². The number of aryl methyl sites for hydroxylation is 1. The molecular weight excluding hydrogens is 460 g/mol. The molecule has 3 aromatic rings. The average Bonchev–Trinajstić information content (AvgIpc) is 3.26. The Morgan fingerprint density at radius 3 is 2.79 bits per heavy atom. The number of thioether (sulfide) groups is 1. The predicted octanol–water partition coefficient (Wildman–Crippen LogP) is 4.03. The first-order valence-electron chi connectivity index (χ1n) is 10.5. The van der Waals surface area contributed by atoms with Gasteiger partial charge in [-0.15, -0.1) is 23.1 Å². The maximum Gasteiger partial charge on any atom is 0.339 e. The second-order valence-corrected chi connectivity index (χ2v) is 9.38. The van der Waals surface area contributed by atoms with E-state index in [-0.39, 0.29) is 12.5 Å². The smallest absolute Gasteiger partial charge is 0.339 e. The molecule has 0 aliphatic carbocycles. The SMILES string of the molecule is Cc1nc(CSc2ccccc2C(=O)OCC(=O)NCCc2ccc3c(c2)OCCO3)cs1. The van der Waals surface area contributed by atoms with Crippen LogP contribution < -0.4 is 14.8 Å². The summed E-state index contributed by atoms with van der Waals surface area (Å²) in [5.41, 5.74) is 2.44. The van der Waals surface area contributed by atoms with Crippen molar-refractivity contribution in [1.82, 2.24) is 10.3 Å². The Morgan fingerprint density at radius 2 is 1.97 bits per heavy atom. The largest absolute Gasteiger partial charge is 0.486 e. The lowest BCUT2D eigenvalue weighted by atomic mass is 10.1. The van der Waals surface area contributed by atoms with Gasteiger partial charge in [0.15, 0.2) is 18.1 Å². The van der Waals surface area contributed by atoms with Crippen molar-refractivity contribution in [3.05, 3.63) is 69.7 Å². The van der Waals surface area contributed by atoms with Crippen LogP contribution in [-0.4, -0.2) is 43.2 Å². The third-order valence-corrected chi connectivity index (χ3v) is 6.76. The zero-order chi connectivity index (χ0) is 23.0. The number of amides is 1. The number of fused-ring (bicyclic) bond motifs is 1. The second kappa shape index (κ2) is 11.2. The van der Waals surface area contributed by atoms with E-state index in [2.05, 4.69) is 10.3 Å². The topological polar surface area (TPSA) is 86.8 Å². The monoisotopic (exact) mass is 484 g/mol. The van der Waals surface area contributed by atoms with E-state index in [9.17, 15) is 9.59 Å². The number of esters is 1. The minimum Gasteiger partial charge on any atom is -0.486 e. The fourth-order valence-corrected chi connectivity index (χ4v) is 4.89. The number of hydrogen-bond donors (Lipinski definition) is 1. The van der Waals surface area contributed by atoms with E-state index in [1.54, 1.807) is 23.5 Å². The Labute approximate surface area is 200 Å². The van der Waals surface area contributed by atoms with Gasteiger partial charge in [0.1, 0.15) is 13.2 Å². The molecule has 1 amide bonds. The first-order chi connectivity index (χ1) is 16.1. The molecule has 2 aromatic carbocycles. The average molecular weight is 485 g/mol. The number of carbonyl (C=O) groups is 2. The Bertz CT molecular complexity index is 1130. The Hall–Kier alpha value is -3.04. The first-order valence-corrected chi connectivity index (χ1v) is 12.4. The van der Waals surface area contributed by atoms with Crippen LogP contribution in [0, 0.1) is 6.92 Å². The minimum atomic E-state index is -0.519. The maximum atomic E-state index is 12.6. The van der Waals surface area contributed by atoms with Gasteiger partial charge in [0.2, 0.25) is 0 Å². The summed E-state index contributed by atoms with van der Waals surface area (Å²) in [6, 6.07) is 13.0. The van der Waals surface area contributed by atoms with E-state index in [1.807, 2.05) is 42.6 Å². The summed E-state index contributed by atoms with van der Waals surface area (Å²) in [6.07, 6.45) is 0.631. The number of hydrogen-bond acceptors (Lipinski definition) is 8. The summed E-state index contributed by atoms with van der Waals surface area (Å²) < 4.78 is 16.3. The molecule has 1 aliphatic heterocycles. The highest BCUT2D eigenvalue weighted by Gasteiger charge is 2.15. The van der Waals surface area contributed by atoms with Crippen LogP contribution in [0.1, 0.15) is 26.6 Å². The van der Waals surface area contributed by atoms with Gasteiger partial charge in [-0.3, -0.25) is 4.79 Å². The third-order valence-electron chi connectivity index (χ3n) is 4.83. The molecule has 0 saturated heterocycles. The summed E-state index contributed by atoms with van der Waals surface area (Å²) in [4.78, 5) is 30.0. The van der Waals surface area contributed by atoms with E-state index in [1.165, 1.54) is 11.8 Å². The fraction of sp³-hybridized carbons (Fsp3) is 0.292. The molecular formula is C24H24N2O5S2. The molecule has 172 valence electrons. The standard InChI is InChI=1S/C24H24N2O5S2/c1-16-26-18(14-32-16)15-33-22-5-3-2-4-19(22)24(28)31-13-23(27)25-9-8-17-6-7-20-21(12-17)30-11-10-29-20/h2-7,12,14H,8-11,13,15H2,1H3,(H,25,27). The van der Waals surface area contributed by atoms with E-state index in [4.69, 9.17) is 14.2 Å². The lowest BCUT2D eigenvalue weighted by Gasteiger charge is -2.18. The van der Waals surface area contributed by atoms with Crippen molar-refractivity contribution in [3.8, 4) is 11.5 Å². The van der Waals surface area contributed by atoms with Gasteiger partial charge in [0.05, 0.1) is 16.3 Å². The van der Waals surface area contributed by atoms with Gasteiger partial charge >= 0.3 is 5.97 Å². The number of ether oxygens (including phenoxy) is 3. The van der Waals surface area contributed by atoms with Gasteiger partial charge in [0, 0.05) is 22.6 Å². The summed E-state index contributed by atoms with van der Waals surface area (Å²) in [5.74, 6) is 1.26. The van der Waals surface area contributed by atoms with Crippen LogP contribution in [0.2, 0.25) is 0 Å². The van der Waals surface area contributed by atoms with Crippen molar-refractivity contribution in [3.63, 3.8) is 0 Å². The van der Waals surface area contributed by atoms with Gasteiger partial charge in [-0.1, -0.05) is 18.2 Å². The van der Waals surface area contributed by atoms with Crippen LogP contribution in [0.15, 0.2) is 52.7 Å². The maximum absolute atomic E-state index is 12.6. The molecule has 0 fully saturated rings. The van der Waals surface area contributed by atoms with Gasteiger partial charge in [-0.25, -0.2) is 9.78 Å². The predicted molar refractivity (Wildman–Crippen MR) is 127 cm³/mol. The molecule has 0 radical (unpaired) electrons. The molecule has 0 spiro atoms. The van der Waals surface area contributed by atoms with E-state index < -0.39 is 5.97 Å². The minimum absolute atomic E-state index is 0.329. The van der Waals surface area contributed by atoms with E-state index in [0.29, 0.717) is 37.5 Å². The zero-order valence-corrected chi connectivity index (χ0v) is 19.8. The van der Waals surface area contributed by atoms with Crippen molar-refractivity contribution in [2.75, 3.05) is 26.4 Å². The molecule has 2 heterocycles. The Balaban J connectivity index is 1.23. The summed E-state index contributed by atoms with van der Waals surface area (Å²) in [7, 11) is 0. The Kier molecular flexibility index (Phi) is 7.85. The summed E-state index contributed by atoms with van der Waals surface area (Å²) in [6.45, 7) is 3.14. The quantitative estimate of drug-likeness (QED) is 0.362. The molecule has 7 nitrogen and oxygen atoms in total. The number of rotatable bonds is 9. The van der Waals surface area contributed by atoms with Crippen LogP contribution in [0.25, 0.3) is 0 Å². The molecule has 4 rings (SSSR count). The fourth-order valence-electron chi connectivity index (χ4n) is 3.24. The van der Waals surface area contributed by atoms with Crippen LogP contribution in [0.4, 0.5) is 0 Å². The Morgan fingerprint density at radius 1 is 1.15 bits per heavy atom. The molecule has 0 bridgehead atoms. The molecule has 0 saturated carbocycles. The van der Waals surface area contributed by atoms with Gasteiger partial charge in [0.25, 0.3) is 5.91 Å². The van der Waals surface area contributed by atoms with Crippen molar-refractivity contribution >= 4 is 35.0 Å². The lowest BCUT2D eigenvalue weighted by Crippen LogP contribution is -2.30. The lowest BCUT2D eigenvalue weighted by molar-refractivity contribution is -0.124. The van der Waals surface area contributed by atoms with Crippen LogP contribution >= 0.6 is 23.1 Å². The van der Waals surface area contributed by atoms with E-state index >= 15 is 0 Å². The van der Waals surface area contributed by atoms with Crippen LogP contribution in [-0.2, 0) is 21.7 Å². The van der Waals surface area contributed by atoms with Crippen LogP contribution in [0.3, 0.4) is 0 Å². The first kappa shape index (κ1) is 23.1. The van der Waals surface area contributed by atoms with Gasteiger partial charge < -0.3 is 19.5 Å². The van der Waals surface area contributed by atoms with Crippen molar-refractivity contribution < 1.29 is 23.8 Å². The molecule has 1 aromatic heterocycles. The van der Waals surface area contributed by atoms with Crippen LogP contribution in [0.5, 0.6) is 11.5 Å². The summed E-state index contributed by atoms with van der Waals surface area (Å²) >= 11 is 3.12. The normalized spacial score (nSPS) is 12.3. The highest BCUT2D eigenvalue weighted by Crippen LogP contribution is 2.31. The molecule has 0 unspecified atom stereocenters. The number of aromatic nitrogens is 1. The molecule has 33 heavy (non-hydrogen) atoms. The number of benzene rings is 2. The highest BCUT2D eigenvalue weighted by molar-refractivity contribution is 7.98. The van der Waals surface area contributed by atoms with Crippen molar-refractivity contribution in [2.45, 2.75) is 24.0 Å². The number of carbonyl (C=O) groups excluding carboxylic acids is 2. The van der Waals surface area contributed by atoms with Gasteiger partial charge in [-0.05, 0) is 43.2 Å².